The van der Waals surface area contributed by atoms with Crippen LogP contribution in [0.1, 0.15) is 29.0 Å². The van der Waals surface area contributed by atoms with E-state index in [1.54, 1.807) is 23.5 Å². The molecule has 1 aromatic heterocycles. The monoisotopic (exact) mass is 283 g/mol. The minimum Gasteiger partial charge on any atom is -0.306 e. The number of halogens is 2. The van der Waals surface area contributed by atoms with Crippen LogP contribution in [0.2, 0.25) is 5.02 Å². The third kappa shape index (κ3) is 2.74. The number of hydrogen-bond acceptors (Lipinski definition) is 2. The van der Waals surface area contributed by atoms with E-state index in [2.05, 4.69) is 5.32 Å². The van der Waals surface area contributed by atoms with Crippen LogP contribution in [0.5, 0.6) is 0 Å². The molecule has 0 amide bonds. The fraction of sp³-hybridized carbons (Fsp3) is 0.286. The standard InChI is InChI=1S/C14H15ClFNS/c1-3-17-13(10-5-4-6-11(16)7-10)14-12(15)9(2)8-18-14/h4-8,13,17H,3H2,1-2H3. The van der Waals surface area contributed by atoms with Gasteiger partial charge < -0.3 is 5.32 Å². The van der Waals surface area contributed by atoms with Crippen molar-refractivity contribution in [2.75, 3.05) is 6.54 Å². The van der Waals surface area contributed by atoms with E-state index in [9.17, 15) is 4.39 Å². The first-order valence-corrected chi connectivity index (χ1v) is 7.11. The summed E-state index contributed by atoms with van der Waals surface area (Å²) < 4.78 is 13.3. The predicted octanol–water partition coefficient (Wildman–Crippen LogP) is 4.55. The van der Waals surface area contributed by atoms with E-state index in [-0.39, 0.29) is 11.9 Å². The molecule has 0 aliphatic rings. The number of rotatable bonds is 4. The molecular weight excluding hydrogens is 269 g/mol. The van der Waals surface area contributed by atoms with Crippen LogP contribution in [0.3, 0.4) is 0 Å². The first-order chi connectivity index (χ1) is 8.63. The van der Waals surface area contributed by atoms with Crippen LogP contribution in [0.25, 0.3) is 0 Å². The second kappa shape index (κ2) is 5.83. The zero-order valence-electron chi connectivity index (χ0n) is 10.3. The van der Waals surface area contributed by atoms with Crippen molar-refractivity contribution in [2.24, 2.45) is 0 Å². The Hall–Kier alpha value is -0.900. The Morgan fingerprint density at radius 3 is 2.78 bits per heavy atom. The Kier molecular flexibility index (Phi) is 4.38. The summed E-state index contributed by atoms with van der Waals surface area (Å²) in [6, 6.07) is 6.61. The summed E-state index contributed by atoms with van der Waals surface area (Å²) in [5.41, 5.74) is 1.97. The normalized spacial score (nSPS) is 12.7. The lowest BCUT2D eigenvalue weighted by Crippen LogP contribution is -2.21. The molecule has 96 valence electrons. The van der Waals surface area contributed by atoms with E-state index < -0.39 is 0 Å². The Balaban J connectivity index is 2.43. The molecule has 1 unspecified atom stereocenters. The van der Waals surface area contributed by atoms with Crippen LogP contribution in [-0.2, 0) is 0 Å². The highest BCUT2D eigenvalue weighted by Gasteiger charge is 2.19. The van der Waals surface area contributed by atoms with Gasteiger partial charge in [-0.15, -0.1) is 11.3 Å². The fourth-order valence-electron chi connectivity index (χ4n) is 1.90. The van der Waals surface area contributed by atoms with Gasteiger partial charge in [0.25, 0.3) is 0 Å². The van der Waals surface area contributed by atoms with E-state index in [1.165, 1.54) is 6.07 Å². The smallest absolute Gasteiger partial charge is 0.123 e. The van der Waals surface area contributed by atoms with Crippen molar-refractivity contribution in [1.82, 2.24) is 5.32 Å². The van der Waals surface area contributed by atoms with Gasteiger partial charge in [-0.05, 0) is 42.1 Å². The van der Waals surface area contributed by atoms with E-state index in [0.717, 1.165) is 27.6 Å². The molecule has 0 fully saturated rings. The number of benzene rings is 1. The van der Waals surface area contributed by atoms with Crippen molar-refractivity contribution in [3.05, 3.63) is 56.5 Å². The highest BCUT2D eigenvalue weighted by Crippen LogP contribution is 2.35. The van der Waals surface area contributed by atoms with Gasteiger partial charge in [-0.2, -0.15) is 0 Å². The minimum atomic E-state index is -0.222. The molecule has 0 saturated carbocycles. The highest BCUT2D eigenvalue weighted by molar-refractivity contribution is 7.10. The van der Waals surface area contributed by atoms with Crippen LogP contribution >= 0.6 is 22.9 Å². The van der Waals surface area contributed by atoms with Gasteiger partial charge in [-0.1, -0.05) is 30.7 Å². The van der Waals surface area contributed by atoms with Crippen LogP contribution in [0.4, 0.5) is 4.39 Å². The van der Waals surface area contributed by atoms with Gasteiger partial charge >= 0.3 is 0 Å². The van der Waals surface area contributed by atoms with Gasteiger partial charge in [0.05, 0.1) is 11.1 Å². The van der Waals surface area contributed by atoms with Crippen molar-refractivity contribution < 1.29 is 4.39 Å². The quantitative estimate of drug-likeness (QED) is 0.868. The molecule has 1 nitrogen and oxygen atoms in total. The molecule has 1 N–H and O–H groups in total. The van der Waals surface area contributed by atoms with E-state index in [4.69, 9.17) is 11.6 Å². The summed E-state index contributed by atoms with van der Waals surface area (Å²) in [5, 5.41) is 6.16. The Labute approximate surface area is 116 Å². The molecule has 2 aromatic rings. The molecule has 1 aromatic carbocycles. The Morgan fingerprint density at radius 1 is 1.44 bits per heavy atom. The maximum absolute atomic E-state index is 13.3. The lowest BCUT2D eigenvalue weighted by Gasteiger charge is -2.17. The summed E-state index contributed by atoms with van der Waals surface area (Å²) in [6.07, 6.45) is 0. The van der Waals surface area contributed by atoms with Crippen molar-refractivity contribution in [3.63, 3.8) is 0 Å². The van der Waals surface area contributed by atoms with E-state index in [1.807, 2.05) is 25.3 Å². The van der Waals surface area contributed by atoms with Crippen LogP contribution < -0.4 is 5.32 Å². The topological polar surface area (TPSA) is 12.0 Å². The molecule has 0 saturated heterocycles. The second-order valence-corrected chi connectivity index (χ2v) is 5.43. The van der Waals surface area contributed by atoms with Gasteiger partial charge in [-0.25, -0.2) is 4.39 Å². The van der Waals surface area contributed by atoms with Crippen molar-refractivity contribution in [3.8, 4) is 0 Å². The lowest BCUT2D eigenvalue weighted by molar-refractivity contribution is 0.607. The van der Waals surface area contributed by atoms with Gasteiger partial charge in [0.1, 0.15) is 5.82 Å². The van der Waals surface area contributed by atoms with E-state index >= 15 is 0 Å². The average molecular weight is 284 g/mol. The van der Waals surface area contributed by atoms with E-state index in [0.29, 0.717) is 0 Å². The minimum absolute atomic E-state index is 0.0445. The molecule has 2 rings (SSSR count). The molecule has 0 radical (unpaired) electrons. The molecule has 0 bridgehead atoms. The van der Waals surface area contributed by atoms with Crippen LogP contribution in [0.15, 0.2) is 29.6 Å². The number of thiophene rings is 1. The Bertz CT molecular complexity index is 538. The van der Waals surface area contributed by atoms with Crippen LogP contribution in [-0.4, -0.2) is 6.54 Å². The number of hydrogen-bond donors (Lipinski definition) is 1. The molecule has 0 aliphatic heterocycles. The predicted molar refractivity (Wildman–Crippen MR) is 76.0 cm³/mol. The third-order valence-corrected chi connectivity index (χ3v) is 4.56. The van der Waals surface area contributed by atoms with Gasteiger partial charge in [0.15, 0.2) is 0 Å². The SMILES string of the molecule is CCNC(c1cccc(F)c1)c1scc(C)c1Cl. The first kappa shape index (κ1) is 13.5. The first-order valence-electron chi connectivity index (χ1n) is 5.85. The molecule has 1 atom stereocenters. The molecular formula is C14H15ClFNS. The molecule has 0 spiro atoms. The zero-order valence-corrected chi connectivity index (χ0v) is 11.9. The van der Waals surface area contributed by atoms with Crippen molar-refractivity contribution >= 4 is 22.9 Å². The van der Waals surface area contributed by atoms with Crippen molar-refractivity contribution in [1.29, 1.82) is 0 Å². The van der Waals surface area contributed by atoms with Crippen molar-refractivity contribution in [2.45, 2.75) is 19.9 Å². The number of nitrogens with one attached hydrogen (secondary N) is 1. The van der Waals surface area contributed by atoms with Gasteiger partial charge in [-0.3, -0.25) is 0 Å². The van der Waals surface area contributed by atoms with Crippen LogP contribution in [0, 0.1) is 12.7 Å². The fourth-order valence-corrected chi connectivity index (χ4v) is 3.30. The number of aryl methyl sites for hydroxylation is 1. The summed E-state index contributed by atoms with van der Waals surface area (Å²) in [5.74, 6) is -0.222. The summed E-state index contributed by atoms with van der Waals surface area (Å²) in [4.78, 5) is 1.04. The molecule has 1 heterocycles. The summed E-state index contributed by atoms with van der Waals surface area (Å²) >= 11 is 7.91. The summed E-state index contributed by atoms with van der Waals surface area (Å²) in [7, 11) is 0. The largest absolute Gasteiger partial charge is 0.306 e. The summed E-state index contributed by atoms with van der Waals surface area (Å²) in [6.45, 7) is 4.81. The maximum atomic E-state index is 13.3. The van der Waals surface area contributed by atoms with Gasteiger partial charge in [0.2, 0.25) is 0 Å². The third-order valence-electron chi connectivity index (χ3n) is 2.78. The zero-order chi connectivity index (χ0) is 13.1. The molecule has 4 heteroatoms. The Morgan fingerprint density at radius 2 is 2.22 bits per heavy atom. The molecule has 18 heavy (non-hydrogen) atoms. The lowest BCUT2D eigenvalue weighted by atomic mass is 10.0. The second-order valence-electron chi connectivity index (χ2n) is 4.14. The van der Waals surface area contributed by atoms with Gasteiger partial charge in [0, 0.05) is 4.88 Å². The maximum Gasteiger partial charge on any atom is 0.123 e. The highest BCUT2D eigenvalue weighted by atomic mass is 35.5. The molecule has 0 aliphatic carbocycles. The average Bonchev–Trinajstić information content (AvgIpc) is 2.67.